The Balaban J connectivity index is 1.34. The monoisotopic (exact) mass is 560 g/mol. The van der Waals surface area contributed by atoms with Crippen LogP contribution in [0, 0.1) is 0 Å². The van der Waals surface area contributed by atoms with Crippen LogP contribution >= 0.6 is 0 Å². The zero-order valence-corrected chi connectivity index (χ0v) is 24.5. The number of likely N-dealkylation sites (tertiary alicyclic amines) is 2. The summed E-state index contributed by atoms with van der Waals surface area (Å²) in [6, 6.07) is 0.116. The van der Waals surface area contributed by atoms with Crippen LogP contribution in [0.15, 0.2) is 6.33 Å². The van der Waals surface area contributed by atoms with Crippen molar-refractivity contribution >= 4 is 35.1 Å². The number of aliphatic hydroxyl groups excluding tert-OH is 1. The first kappa shape index (κ1) is 29.6. The molecule has 13 nitrogen and oxygen atoms in total. The first-order valence-corrected chi connectivity index (χ1v) is 14.3. The summed E-state index contributed by atoms with van der Waals surface area (Å²) in [5, 5.41) is 16.4. The molecule has 2 atom stereocenters. The van der Waals surface area contributed by atoms with Crippen LogP contribution in [0.3, 0.4) is 0 Å². The van der Waals surface area contributed by atoms with Crippen molar-refractivity contribution in [2.75, 3.05) is 43.4 Å². The average molecular weight is 561 g/mol. The lowest BCUT2D eigenvalue weighted by atomic mass is 10.1. The van der Waals surface area contributed by atoms with E-state index in [2.05, 4.69) is 34.4 Å². The van der Waals surface area contributed by atoms with Crippen molar-refractivity contribution in [3.8, 4) is 0 Å². The van der Waals surface area contributed by atoms with Crippen molar-refractivity contribution in [1.82, 2.24) is 29.3 Å². The molecule has 2 aromatic heterocycles. The highest BCUT2D eigenvalue weighted by Crippen LogP contribution is 2.26. The quantitative estimate of drug-likeness (QED) is 0.437. The highest BCUT2D eigenvalue weighted by Gasteiger charge is 2.34. The second-order valence-corrected chi connectivity index (χ2v) is 11.9. The van der Waals surface area contributed by atoms with Gasteiger partial charge in [-0.05, 0) is 53.9 Å². The van der Waals surface area contributed by atoms with E-state index in [1.165, 1.54) is 0 Å². The van der Waals surface area contributed by atoms with Gasteiger partial charge in [-0.1, -0.05) is 6.92 Å². The number of hydrogen-bond donors (Lipinski definition) is 3. The van der Waals surface area contributed by atoms with Gasteiger partial charge in [0.1, 0.15) is 11.7 Å². The molecule has 4 rings (SSSR count). The first-order valence-electron chi connectivity index (χ1n) is 14.3. The molecule has 3 N–H and O–H groups in total. The number of nitrogens with one attached hydrogen (secondary N) is 2. The highest BCUT2D eigenvalue weighted by molar-refractivity contribution is 5.84. The molecule has 222 valence electrons. The zero-order chi connectivity index (χ0) is 29.0. The SMILES string of the molecule is CC[C@H](CO)Nc1nc(NC2CCN(C(=O)O[C@H]3CCN(C(=O)OC(C)(C)C)C3)CC2)c2ncn(C(C)C)c2n1. The number of nitrogens with zero attached hydrogens (tertiary/aromatic N) is 6. The number of imidazole rings is 1. The summed E-state index contributed by atoms with van der Waals surface area (Å²) in [5.41, 5.74) is 0.848. The molecular formula is C27H44N8O5. The number of carbonyl (C=O) groups excluding carboxylic acids is 2. The van der Waals surface area contributed by atoms with Crippen molar-refractivity contribution in [3.63, 3.8) is 0 Å². The van der Waals surface area contributed by atoms with Gasteiger partial charge in [0.15, 0.2) is 17.0 Å². The molecule has 4 heterocycles. The molecule has 2 aliphatic heterocycles. The number of amides is 2. The van der Waals surface area contributed by atoms with Crippen LogP contribution in [0.4, 0.5) is 21.4 Å². The number of hydrogen-bond acceptors (Lipinski definition) is 10. The largest absolute Gasteiger partial charge is 0.444 e. The molecule has 2 saturated heterocycles. The van der Waals surface area contributed by atoms with Gasteiger partial charge in [-0.2, -0.15) is 9.97 Å². The topological polar surface area (TPSA) is 147 Å². The van der Waals surface area contributed by atoms with Crippen LogP contribution in [0.2, 0.25) is 0 Å². The number of rotatable bonds is 8. The molecule has 0 aromatic carbocycles. The maximum Gasteiger partial charge on any atom is 0.410 e. The lowest BCUT2D eigenvalue weighted by Gasteiger charge is -2.32. The van der Waals surface area contributed by atoms with Crippen molar-refractivity contribution in [2.45, 2.75) is 97.1 Å². The predicted octanol–water partition coefficient (Wildman–Crippen LogP) is 3.61. The van der Waals surface area contributed by atoms with Crippen molar-refractivity contribution in [3.05, 3.63) is 6.33 Å². The second kappa shape index (κ2) is 12.4. The van der Waals surface area contributed by atoms with Crippen molar-refractivity contribution in [2.24, 2.45) is 0 Å². The maximum atomic E-state index is 12.9. The lowest BCUT2D eigenvalue weighted by Crippen LogP contribution is -2.44. The Hall–Kier alpha value is -3.35. The van der Waals surface area contributed by atoms with E-state index in [1.54, 1.807) is 16.1 Å². The van der Waals surface area contributed by atoms with Crippen LogP contribution in [0.1, 0.15) is 73.3 Å². The number of aliphatic hydroxyl groups is 1. The third kappa shape index (κ3) is 7.23. The fraction of sp³-hybridized carbons (Fsp3) is 0.741. The van der Waals surface area contributed by atoms with E-state index < -0.39 is 5.60 Å². The molecule has 0 aliphatic carbocycles. The average Bonchev–Trinajstić information content (AvgIpc) is 3.54. The van der Waals surface area contributed by atoms with Crippen LogP contribution in [0.25, 0.3) is 11.2 Å². The minimum absolute atomic E-state index is 0.0153. The van der Waals surface area contributed by atoms with E-state index in [9.17, 15) is 14.7 Å². The van der Waals surface area contributed by atoms with Gasteiger partial charge < -0.3 is 39.6 Å². The Bertz CT molecular complexity index is 1170. The summed E-state index contributed by atoms with van der Waals surface area (Å²) in [6.45, 7) is 13.5. The lowest BCUT2D eigenvalue weighted by molar-refractivity contribution is 0.0235. The second-order valence-electron chi connectivity index (χ2n) is 11.9. The van der Waals surface area contributed by atoms with Gasteiger partial charge in [-0.25, -0.2) is 14.6 Å². The number of anilines is 2. The van der Waals surface area contributed by atoms with Crippen LogP contribution in [-0.2, 0) is 9.47 Å². The Morgan fingerprint density at radius 1 is 1.10 bits per heavy atom. The minimum atomic E-state index is -0.564. The van der Waals surface area contributed by atoms with Gasteiger partial charge in [0.05, 0.1) is 25.5 Å². The molecule has 0 bridgehead atoms. The van der Waals surface area contributed by atoms with E-state index in [4.69, 9.17) is 14.5 Å². The molecule has 2 fully saturated rings. The third-order valence-corrected chi connectivity index (χ3v) is 7.18. The fourth-order valence-corrected chi connectivity index (χ4v) is 4.85. The fourth-order valence-electron chi connectivity index (χ4n) is 4.85. The summed E-state index contributed by atoms with van der Waals surface area (Å²) >= 11 is 0. The smallest absolute Gasteiger partial charge is 0.410 e. The van der Waals surface area contributed by atoms with E-state index >= 15 is 0 Å². The molecule has 0 spiro atoms. The molecule has 0 saturated carbocycles. The molecular weight excluding hydrogens is 516 g/mol. The molecule has 2 aliphatic rings. The summed E-state index contributed by atoms with van der Waals surface area (Å²) in [7, 11) is 0. The van der Waals surface area contributed by atoms with Gasteiger partial charge in [-0.15, -0.1) is 0 Å². The van der Waals surface area contributed by atoms with Gasteiger partial charge >= 0.3 is 12.2 Å². The van der Waals surface area contributed by atoms with Gasteiger partial charge in [-0.3, -0.25) is 0 Å². The van der Waals surface area contributed by atoms with E-state index in [-0.39, 0.29) is 43.0 Å². The normalized spacial score (nSPS) is 19.2. The highest BCUT2D eigenvalue weighted by atomic mass is 16.6. The summed E-state index contributed by atoms with van der Waals surface area (Å²) in [4.78, 5) is 42.5. The molecule has 13 heteroatoms. The molecule has 2 aromatic rings. The van der Waals surface area contributed by atoms with Gasteiger partial charge in [0.2, 0.25) is 5.95 Å². The van der Waals surface area contributed by atoms with E-state index in [0.717, 1.165) is 24.9 Å². The number of aromatic nitrogens is 4. The van der Waals surface area contributed by atoms with Crippen LogP contribution in [-0.4, -0.2) is 103 Å². The molecule has 40 heavy (non-hydrogen) atoms. The van der Waals surface area contributed by atoms with Crippen LogP contribution < -0.4 is 10.6 Å². The minimum Gasteiger partial charge on any atom is -0.444 e. The Kier molecular flexibility index (Phi) is 9.22. The third-order valence-electron chi connectivity index (χ3n) is 7.18. The van der Waals surface area contributed by atoms with Crippen molar-refractivity contribution < 1.29 is 24.2 Å². The Morgan fingerprint density at radius 2 is 1.80 bits per heavy atom. The number of piperidine rings is 1. The summed E-state index contributed by atoms with van der Waals surface area (Å²) in [5.74, 6) is 1.07. The van der Waals surface area contributed by atoms with Crippen LogP contribution in [0.5, 0.6) is 0 Å². The molecule has 2 amide bonds. The number of ether oxygens (including phenoxy) is 2. The van der Waals surface area contributed by atoms with Gasteiger partial charge in [0, 0.05) is 38.1 Å². The number of fused-ring (bicyclic) bond motifs is 1. The maximum absolute atomic E-state index is 12.9. The summed E-state index contributed by atoms with van der Waals surface area (Å²) < 4.78 is 13.2. The standard InChI is InChI=1S/C27H44N8O5/c1-7-18(15-36)30-24-31-22(21-23(32-24)35(16-28-21)17(2)3)29-19-8-11-33(12-9-19)25(37)39-20-10-13-34(14-20)26(38)40-27(4,5)6/h16-20,36H,7-15H2,1-6H3,(H2,29,30,31,32)/t18-,20+/m1/s1. The molecule has 0 radical (unpaired) electrons. The molecule has 0 unspecified atom stereocenters. The van der Waals surface area contributed by atoms with E-state index in [1.807, 2.05) is 32.3 Å². The predicted molar refractivity (Wildman–Crippen MR) is 151 cm³/mol. The Labute approximate surface area is 235 Å². The van der Waals surface area contributed by atoms with Gasteiger partial charge in [0.25, 0.3) is 0 Å². The van der Waals surface area contributed by atoms with Crippen molar-refractivity contribution in [1.29, 1.82) is 0 Å². The van der Waals surface area contributed by atoms with E-state index in [0.29, 0.717) is 49.9 Å². The Morgan fingerprint density at radius 3 is 2.42 bits per heavy atom. The summed E-state index contributed by atoms with van der Waals surface area (Å²) in [6.07, 6.45) is 3.48. The number of carbonyl (C=O) groups is 2. The first-order chi connectivity index (χ1) is 19.0. The zero-order valence-electron chi connectivity index (χ0n) is 24.5.